The number of hydrogen-bond acceptors (Lipinski definition) is 3. The minimum atomic E-state index is -0.313. The number of phenols is 1. The Hall–Kier alpha value is -2.81. The molecule has 0 unspecified atom stereocenters. The molecule has 0 heterocycles. The van der Waals surface area contributed by atoms with Crippen molar-refractivity contribution in [3.05, 3.63) is 65.2 Å². The van der Waals surface area contributed by atoms with Crippen LogP contribution in [-0.4, -0.2) is 18.2 Å². The van der Waals surface area contributed by atoms with Gasteiger partial charge < -0.3 is 9.84 Å². The topological polar surface area (TPSA) is 46.5 Å². The van der Waals surface area contributed by atoms with Gasteiger partial charge in [0.05, 0.1) is 12.7 Å². The highest BCUT2D eigenvalue weighted by molar-refractivity contribution is 5.94. The highest BCUT2D eigenvalue weighted by Crippen LogP contribution is 2.62. The number of hydrogen-bond donors (Lipinski definition) is 1. The molecule has 1 N–H and O–H groups in total. The summed E-state index contributed by atoms with van der Waals surface area (Å²) in [5.74, 6) is 2.71. The molecule has 0 saturated heterocycles. The summed E-state index contributed by atoms with van der Waals surface area (Å²) in [6.45, 7) is 2.21. The van der Waals surface area contributed by atoms with Crippen molar-refractivity contribution in [3.63, 3.8) is 0 Å². The molecule has 0 aromatic heterocycles. The van der Waals surface area contributed by atoms with E-state index >= 15 is 0 Å². The van der Waals surface area contributed by atoms with Crippen molar-refractivity contribution < 1.29 is 14.6 Å². The lowest BCUT2D eigenvalue weighted by Crippen LogP contribution is -2.48. The van der Waals surface area contributed by atoms with Crippen molar-refractivity contribution in [1.29, 1.82) is 0 Å². The predicted octanol–water partition coefficient (Wildman–Crippen LogP) is 7.03. The summed E-state index contributed by atoms with van der Waals surface area (Å²) >= 11 is 0. The van der Waals surface area contributed by atoms with Crippen LogP contribution >= 0.6 is 0 Å². The number of rotatable bonds is 4. The standard InChI is InChI=1S/C30H32O3/c1-3-24-25(21-4-6-22(7-5-21)29(32)33-2)9-8-23-13-28(31)27(14-26(23)24)30-15-18-10-19(16-30)12-20(11-18)17-30/h4-9,13-14,18-20,31H,3,10-12,15-17H2,1-2H3. The summed E-state index contributed by atoms with van der Waals surface area (Å²) in [5, 5.41) is 13.5. The highest BCUT2D eigenvalue weighted by Gasteiger charge is 2.52. The summed E-state index contributed by atoms with van der Waals surface area (Å²) in [4.78, 5) is 11.8. The average molecular weight is 441 g/mol. The Balaban J connectivity index is 1.47. The minimum absolute atomic E-state index is 0.163. The maximum Gasteiger partial charge on any atom is 0.337 e. The van der Waals surface area contributed by atoms with Crippen LogP contribution in [0.1, 0.15) is 66.9 Å². The lowest BCUT2D eigenvalue weighted by atomic mass is 9.48. The van der Waals surface area contributed by atoms with Gasteiger partial charge in [-0.2, -0.15) is 0 Å². The number of benzene rings is 3. The monoisotopic (exact) mass is 440 g/mol. The number of fused-ring (bicyclic) bond motifs is 1. The van der Waals surface area contributed by atoms with Crippen LogP contribution in [0.5, 0.6) is 5.75 Å². The molecule has 3 nitrogen and oxygen atoms in total. The maximum atomic E-state index is 11.8. The van der Waals surface area contributed by atoms with Gasteiger partial charge in [-0.15, -0.1) is 0 Å². The first-order chi connectivity index (χ1) is 16.0. The van der Waals surface area contributed by atoms with Gasteiger partial charge in [-0.05, 0) is 120 Å². The molecule has 3 aromatic rings. The number of esters is 1. The molecule has 170 valence electrons. The van der Waals surface area contributed by atoms with Crippen molar-refractivity contribution in [2.75, 3.05) is 7.11 Å². The molecule has 0 spiro atoms. The molecular formula is C30H32O3. The lowest BCUT2D eigenvalue weighted by molar-refractivity contribution is -0.00606. The van der Waals surface area contributed by atoms with Crippen LogP contribution in [-0.2, 0) is 16.6 Å². The summed E-state index contributed by atoms with van der Waals surface area (Å²) in [5.41, 5.74) is 5.53. The largest absolute Gasteiger partial charge is 0.508 e. The van der Waals surface area contributed by atoms with Gasteiger partial charge in [0.2, 0.25) is 0 Å². The second-order valence-corrected chi connectivity index (χ2v) is 10.8. The number of carbonyl (C=O) groups excluding carboxylic acids is 1. The summed E-state index contributed by atoms with van der Waals surface area (Å²) in [6.07, 6.45) is 8.85. The SMILES string of the molecule is CCc1c(-c2ccc(C(=O)OC)cc2)ccc2cc(O)c(C34CC5CC(CC(C5)C3)C4)cc12. The van der Waals surface area contributed by atoms with E-state index in [0.717, 1.165) is 35.1 Å². The Kier molecular flexibility index (Phi) is 4.79. The van der Waals surface area contributed by atoms with Gasteiger partial charge >= 0.3 is 5.97 Å². The smallest absolute Gasteiger partial charge is 0.337 e. The number of ether oxygens (including phenoxy) is 1. The summed E-state index contributed by atoms with van der Waals surface area (Å²) in [6, 6.07) is 16.3. The van der Waals surface area contributed by atoms with Gasteiger partial charge in [-0.3, -0.25) is 0 Å². The molecule has 0 atom stereocenters. The van der Waals surface area contributed by atoms with E-state index in [1.807, 2.05) is 30.3 Å². The Labute approximate surface area is 195 Å². The lowest BCUT2D eigenvalue weighted by Gasteiger charge is -2.57. The molecule has 7 rings (SSSR count). The van der Waals surface area contributed by atoms with Crippen LogP contribution in [0.2, 0.25) is 0 Å². The van der Waals surface area contributed by atoms with E-state index in [-0.39, 0.29) is 11.4 Å². The summed E-state index contributed by atoms with van der Waals surface area (Å²) < 4.78 is 4.85. The normalized spacial score (nSPS) is 27.8. The molecular weight excluding hydrogens is 408 g/mol. The first-order valence-electron chi connectivity index (χ1n) is 12.5. The molecule has 4 aliphatic rings. The van der Waals surface area contributed by atoms with Crippen molar-refractivity contribution >= 4 is 16.7 Å². The number of carbonyl (C=O) groups is 1. The molecule has 4 bridgehead atoms. The maximum absolute atomic E-state index is 11.8. The zero-order valence-corrected chi connectivity index (χ0v) is 19.6. The van der Waals surface area contributed by atoms with Gasteiger partial charge in [0.1, 0.15) is 5.75 Å². The van der Waals surface area contributed by atoms with E-state index in [9.17, 15) is 9.90 Å². The van der Waals surface area contributed by atoms with Crippen LogP contribution in [0.3, 0.4) is 0 Å². The first kappa shape index (κ1) is 20.8. The van der Waals surface area contributed by atoms with Gasteiger partial charge in [-0.1, -0.05) is 31.2 Å². The molecule has 4 saturated carbocycles. The second kappa shape index (κ2) is 7.62. The van der Waals surface area contributed by atoms with Crippen molar-refractivity contribution in [2.45, 2.75) is 57.3 Å². The van der Waals surface area contributed by atoms with E-state index in [1.165, 1.54) is 67.7 Å². The summed E-state index contributed by atoms with van der Waals surface area (Å²) in [7, 11) is 1.41. The highest BCUT2D eigenvalue weighted by atomic mass is 16.5. The van der Waals surface area contributed by atoms with Crippen LogP contribution in [0, 0.1) is 17.8 Å². The number of aryl methyl sites for hydroxylation is 1. The molecule has 4 aliphatic carbocycles. The van der Waals surface area contributed by atoms with Crippen LogP contribution < -0.4 is 0 Å². The van der Waals surface area contributed by atoms with Crippen LogP contribution in [0.15, 0.2) is 48.5 Å². The molecule has 3 aromatic carbocycles. The number of phenolic OH excluding ortho intramolecular Hbond substituents is 1. The molecule has 4 fully saturated rings. The first-order valence-corrected chi connectivity index (χ1v) is 12.5. The van der Waals surface area contributed by atoms with E-state index in [2.05, 4.69) is 25.1 Å². The van der Waals surface area contributed by atoms with E-state index in [0.29, 0.717) is 11.3 Å². The molecule has 0 amide bonds. The third-order valence-corrected chi connectivity index (χ3v) is 8.83. The van der Waals surface area contributed by atoms with E-state index < -0.39 is 0 Å². The average Bonchev–Trinajstić information content (AvgIpc) is 2.81. The number of aromatic hydroxyl groups is 1. The Morgan fingerprint density at radius 3 is 2.18 bits per heavy atom. The molecule has 0 radical (unpaired) electrons. The van der Waals surface area contributed by atoms with Gasteiger partial charge in [0.25, 0.3) is 0 Å². The predicted molar refractivity (Wildman–Crippen MR) is 132 cm³/mol. The van der Waals surface area contributed by atoms with Gasteiger partial charge in [-0.25, -0.2) is 4.79 Å². The zero-order valence-electron chi connectivity index (χ0n) is 19.6. The fourth-order valence-electron chi connectivity index (χ4n) is 7.84. The Morgan fingerprint density at radius 2 is 1.61 bits per heavy atom. The molecule has 33 heavy (non-hydrogen) atoms. The fraction of sp³-hybridized carbons (Fsp3) is 0.433. The Bertz CT molecular complexity index is 1200. The van der Waals surface area contributed by atoms with Crippen molar-refractivity contribution in [3.8, 4) is 16.9 Å². The minimum Gasteiger partial charge on any atom is -0.508 e. The fourth-order valence-corrected chi connectivity index (χ4v) is 7.84. The third-order valence-electron chi connectivity index (χ3n) is 8.83. The zero-order chi connectivity index (χ0) is 22.7. The molecule has 3 heteroatoms. The third kappa shape index (κ3) is 3.27. The van der Waals surface area contributed by atoms with E-state index in [1.54, 1.807) is 0 Å². The number of methoxy groups -OCH3 is 1. The second-order valence-electron chi connectivity index (χ2n) is 10.8. The quantitative estimate of drug-likeness (QED) is 0.443. The molecule has 0 aliphatic heterocycles. The van der Waals surface area contributed by atoms with Gasteiger partial charge in [0.15, 0.2) is 0 Å². The van der Waals surface area contributed by atoms with Crippen molar-refractivity contribution in [2.24, 2.45) is 17.8 Å². The van der Waals surface area contributed by atoms with Gasteiger partial charge in [0, 0.05) is 5.56 Å². The van der Waals surface area contributed by atoms with Crippen molar-refractivity contribution in [1.82, 2.24) is 0 Å². The van der Waals surface area contributed by atoms with Crippen LogP contribution in [0.25, 0.3) is 21.9 Å². The Morgan fingerprint density at radius 1 is 0.970 bits per heavy atom. The van der Waals surface area contributed by atoms with E-state index in [4.69, 9.17) is 4.74 Å². The van der Waals surface area contributed by atoms with Crippen LogP contribution in [0.4, 0.5) is 0 Å².